The van der Waals surface area contributed by atoms with Crippen LogP contribution in [0.5, 0.6) is 0 Å². The van der Waals surface area contributed by atoms with Gasteiger partial charge < -0.3 is 10.1 Å². The molecule has 94 valence electrons. The van der Waals surface area contributed by atoms with Crippen molar-refractivity contribution in [2.45, 2.75) is 26.8 Å². The first-order valence-electron chi connectivity index (χ1n) is 5.40. The van der Waals surface area contributed by atoms with E-state index in [-0.39, 0.29) is 18.4 Å². The number of nitrogens with one attached hydrogen (secondary N) is 1. The summed E-state index contributed by atoms with van der Waals surface area (Å²) in [4.78, 5) is 22.5. The van der Waals surface area contributed by atoms with Gasteiger partial charge in [-0.25, -0.2) is 0 Å². The molecule has 1 rings (SSSR count). The fraction of sp³-hybridized carbons (Fsp3) is 0.545. The number of rotatable bonds is 5. The average Bonchev–Trinajstić information content (AvgIpc) is 2.63. The molecule has 0 unspecified atom stereocenters. The van der Waals surface area contributed by atoms with Crippen molar-refractivity contribution in [1.29, 1.82) is 0 Å². The van der Waals surface area contributed by atoms with Gasteiger partial charge in [0.05, 0.1) is 19.0 Å². The van der Waals surface area contributed by atoms with Crippen molar-refractivity contribution in [3.05, 3.63) is 12.4 Å². The third-order valence-electron chi connectivity index (χ3n) is 2.03. The second kappa shape index (κ2) is 6.03. The molecule has 0 radical (unpaired) electrons. The maximum Gasteiger partial charge on any atom is 0.327 e. The number of amides is 1. The van der Waals surface area contributed by atoms with E-state index in [9.17, 15) is 9.59 Å². The van der Waals surface area contributed by atoms with Crippen molar-refractivity contribution in [1.82, 2.24) is 9.78 Å². The predicted molar refractivity (Wildman–Crippen MR) is 62.3 cm³/mol. The minimum Gasteiger partial charge on any atom is -0.468 e. The molecular formula is C11H17N3O3. The Morgan fingerprint density at radius 2 is 2.24 bits per heavy atom. The molecule has 0 aliphatic carbocycles. The normalized spacial score (nSPS) is 10.4. The van der Waals surface area contributed by atoms with Crippen molar-refractivity contribution < 1.29 is 14.3 Å². The molecule has 1 amide bonds. The van der Waals surface area contributed by atoms with E-state index in [1.54, 1.807) is 6.20 Å². The molecule has 1 N–H and O–H groups in total. The lowest BCUT2D eigenvalue weighted by molar-refractivity contribution is -0.141. The van der Waals surface area contributed by atoms with E-state index in [1.807, 2.05) is 13.8 Å². The summed E-state index contributed by atoms with van der Waals surface area (Å²) in [7, 11) is 1.32. The topological polar surface area (TPSA) is 73.2 Å². The van der Waals surface area contributed by atoms with Crippen molar-refractivity contribution in [2.75, 3.05) is 12.4 Å². The lowest BCUT2D eigenvalue weighted by Gasteiger charge is -2.04. The zero-order valence-electron chi connectivity index (χ0n) is 10.3. The molecule has 0 fully saturated rings. The standard InChI is InChI=1S/C11H17N3O3/c1-8(2)4-10(15)13-9-5-12-14(6-9)7-11(16)17-3/h5-6,8H,4,7H2,1-3H3,(H,13,15). The van der Waals surface area contributed by atoms with E-state index < -0.39 is 0 Å². The number of hydrogen-bond acceptors (Lipinski definition) is 4. The van der Waals surface area contributed by atoms with Crippen LogP contribution in [0, 0.1) is 5.92 Å². The van der Waals surface area contributed by atoms with Gasteiger partial charge in [0.1, 0.15) is 6.54 Å². The van der Waals surface area contributed by atoms with Crippen molar-refractivity contribution in [2.24, 2.45) is 5.92 Å². The van der Waals surface area contributed by atoms with Crippen LogP contribution in [0.25, 0.3) is 0 Å². The molecule has 0 bridgehead atoms. The smallest absolute Gasteiger partial charge is 0.327 e. The summed E-state index contributed by atoms with van der Waals surface area (Å²) in [6, 6.07) is 0. The van der Waals surface area contributed by atoms with Gasteiger partial charge in [-0.05, 0) is 5.92 Å². The van der Waals surface area contributed by atoms with Gasteiger partial charge in [-0.3, -0.25) is 14.3 Å². The van der Waals surface area contributed by atoms with Gasteiger partial charge in [0.25, 0.3) is 0 Å². The van der Waals surface area contributed by atoms with Gasteiger partial charge in [-0.15, -0.1) is 0 Å². The molecule has 0 aromatic carbocycles. The quantitative estimate of drug-likeness (QED) is 0.779. The first-order chi connectivity index (χ1) is 8.01. The number of aromatic nitrogens is 2. The first-order valence-corrected chi connectivity index (χ1v) is 5.40. The lowest BCUT2D eigenvalue weighted by atomic mass is 10.1. The summed E-state index contributed by atoms with van der Waals surface area (Å²) in [6.45, 7) is 3.98. The Labute approximate surface area is 99.9 Å². The van der Waals surface area contributed by atoms with Crippen LogP contribution in [-0.4, -0.2) is 28.8 Å². The maximum absolute atomic E-state index is 11.5. The highest BCUT2D eigenvalue weighted by Gasteiger charge is 2.08. The van der Waals surface area contributed by atoms with Gasteiger partial charge in [-0.1, -0.05) is 13.8 Å². The molecule has 0 saturated carbocycles. The van der Waals surface area contributed by atoms with Crippen LogP contribution in [0.15, 0.2) is 12.4 Å². The summed E-state index contributed by atoms with van der Waals surface area (Å²) in [5.41, 5.74) is 0.583. The molecule has 17 heavy (non-hydrogen) atoms. The summed E-state index contributed by atoms with van der Waals surface area (Å²) in [5, 5.41) is 6.65. The highest BCUT2D eigenvalue weighted by atomic mass is 16.5. The molecular weight excluding hydrogens is 222 g/mol. The van der Waals surface area contributed by atoms with Gasteiger partial charge in [0.2, 0.25) is 5.91 Å². The van der Waals surface area contributed by atoms with Crippen molar-refractivity contribution in [3.63, 3.8) is 0 Å². The van der Waals surface area contributed by atoms with E-state index in [0.717, 1.165) is 0 Å². The van der Waals surface area contributed by atoms with Crippen LogP contribution in [0.3, 0.4) is 0 Å². The molecule has 6 heteroatoms. The summed E-state index contributed by atoms with van der Waals surface area (Å²) < 4.78 is 5.92. The molecule has 1 aromatic rings. The number of anilines is 1. The Balaban J connectivity index is 2.51. The van der Waals surface area contributed by atoms with Gasteiger partial charge in [0, 0.05) is 12.6 Å². The number of ether oxygens (including phenoxy) is 1. The highest BCUT2D eigenvalue weighted by molar-refractivity contribution is 5.90. The van der Waals surface area contributed by atoms with E-state index in [0.29, 0.717) is 18.0 Å². The van der Waals surface area contributed by atoms with Crippen LogP contribution in [-0.2, 0) is 20.9 Å². The summed E-state index contributed by atoms with van der Waals surface area (Å²) >= 11 is 0. The molecule has 0 spiro atoms. The Bertz CT molecular complexity index is 398. The molecule has 0 aliphatic rings. The van der Waals surface area contributed by atoms with E-state index in [2.05, 4.69) is 15.2 Å². The highest BCUT2D eigenvalue weighted by Crippen LogP contribution is 2.07. The lowest BCUT2D eigenvalue weighted by Crippen LogP contribution is -2.14. The van der Waals surface area contributed by atoms with E-state index >= 15 is 0 Å². The van der Waals surface area contributed by atoms with E-state index in [4.69, 9.17) is 0 Å². The molecule has 0 aliphatic heterocycles. The zero-order valence-corrected chi connectivity index (χ0v) is 10.3. The van der Waals surface area contributed by atoms with Gasteiger partial charge in [0.15, 0.2) is 0 Å². The SMILES string of the molecule is COC(=O)Cn1cc(NC(=O)CC(C)C)cn1. The van der Waals surface area contributed by atoms with Crippen molar-refractivity contribution in [3.8, 4) is 0 Å². The van der Waals surface area contributed by atoms with Gasteiger partial charge in [-0.2, -0.15) is 5.10 Å². The fourth-order valence-corrected chi connectivity index (χ4v) is 1.29. The van der Waals surface area contributed by atoms with E-state index in [1.165, 1.54) is 18.0 Å². The molecule has 1 heterocycles. The second-order valence-corrected chi connectivity index (χ2v) is 4.15. The van der Waals surface area contributed by atoms with Crippen LogP contribution < -0.4 is 5.32 Å². The number of carbonyl (C=O) groups excluding carboxylic acids is 2. The van der Waals surface area contributed by atoms with Crippen LogP contribution in [0.2, 0.25) is 0 Å². The number of methoxy groups -OCH3 is 1. The van der Waals surface area contributed by atoms with Gasteiger partial charge >= 0.3 is 5.97 Å². The monoisotopic (exact) mass is 239 g/mol. The van der Waals surface area contributed by atoms with Crippen LogP contribution in [0.4, 0.5) is 5.69 Å². The average molecular weight is 239 g/mol. The molecule has 1 aromatic heterocycles. The Morgan fingerprint density at radius 1 is 1.53 bits per heavy atom. The molecule has 0 saturated heterocycles. The minimum atomic E-state index is -0.381. The summed E-state index contributed by atoms with van der Waals surface area (Å²) in [5.74, 6) is -0.133. The number of esters is 1. The Hall–Kier alpha value is -1.85. The molecule has 6 nitrogen and oxygen atoms in total. The number of carbonyl (C=O) groups is 2. The molecule has 0 atom stereocenters. The Morgan fingerprint density at radius 3 is 2.82 bits per heavy atom. The maximum atomic E-state index is 11.5. The van der Waals surface area contributed by atoms with Crippen molar-refractivity contribution >= 4 is 17.6 Å². The number of nitrogens with zero attached hydrogens (tertiary/aromatic N) is 2. The zero-order chi connectivity index (χ0) is 12.8. The van der Waals surface area contributed by atoms with Crippen LogP contribution in [0.1, 0.15) is 20.3 Å². The largest absolute Gasteiger partial charge is 0.468 e. The first kappa shape index (κ1) is 13.2. The summed E-state index contributed by atoms with van der Waals surface area (Å²) in [6.07, 6.45) is 3.55. The third kappa shape index (κ3) is 4.67. The minimum absolute atomic E-state index is 0.0382. The fourth-order valence-electron chi connectivity index (χ4n) is 1.29. The Kier molecular flexibility index (Phi) is 4.68. The predicted octanol–water partition coefficient (Wildman–Crippen LogP) is 1.04. The van der Waals surface area contributed by atoms with Crippen LogP contribution >= 0.6 is 0 Å². The number of hydrogen-bond donors (Lipinski definition) is 1. The third-order valence-corrected chi connectivity index (χ3v) is 2.03. The second-order valence-electron chi connectivity index (χ2n) is 4.15.